The van der Waals surface area contributed by atoms with E-state index < -0.39 is 0 Å². The van der Waals surface area contributed by atoms with Crippen molar-refractivity contribution in [2.45, 2.75) is 33.1 Å². The molecule has 0 spiro atoms. The van der Waals surface area contributed by atoms with Crippen LogP contribution in [0.2, 0.25) is 5.15 Å². The summed E-state index contributed by atoms with van der Waals surface area (Å²) in [6, 6.07) is 1.72. The van der Waals surface area contributed by atoms with Crippen molar-refractivity contribution in [2.75, 3.05) is 5.32 Å². The summed E-state index contributed by atoms with van der Waals surface area (Å²) in [5, 5.41) is 8.09. The largest absolute Gasteiger partial charge is 0.337 e. The van der Waals surface area contributed by atoms with Gasteiger partial charge in [-0.3, -0.25) is 4.68 Å². The summed E-state index contributed by atoms with van der Waals surface area (Å²) >= 11 is 6.03. The van der Waals surface area contributed by atoms with Gasteiger partial charge in [0.05, 0.1) is 11.4 Å². The van der Waals surface area contributed by atoms with E-state index >= 15 is 0 Å². The lowest BCUT2D eigenvalue weighted by atomic mass is 10.2. The van der Waals surface area contributed by atoms with E-state index in [1.807, 2.05) is 27.1 Å². The highest BCUT2D eigenvalue weighted by Crippen LogP contribution is 2.22. The highest BCUT2D eigenvalue weighted by Gasteiger charge is 2.10. The molecule has 0 radical (unpaired) electrons. The molecule has 0 saturated heterocycles. The Morgan fingerprint density at radius 3 is 2.74 bits per heavy atom. The molecule has 2 heterocycles. The number of halogens is 1. The molecule has 0 amide bonds. The summed E-state index contributed by atoms with van der Waals surface area (Å²) in [5.41, 5.74) is 1.96. The number of nitrogens with one attached hydrogen (secondary N) is 1. The second kappa shape index (κ2) is 5.57. The van der Waals surface area contributed by atoms with Crippen molar-refractivity contribution in [3.63, 3.8) is 0 Å². The van der Waals surface area contributed by atoms with Gasteiger partial charge in [-0.05, 0) is 6.42 Å². The van der Waals surface area contributed by atoms with Gasteiger partial charge < -0.3 is 5.32 Å². The Bertz CT molecular complexity index is 576. The van der Waals surface area contributed by atoms with E-state index in [4.69, 9.17) is 11.6 Å². The first-order valence-corrected chi connectivity index (χ1v) is 6.71. The zero-order valence-corrected chi connectivity index (χ0v) is 12.4. The van der Waals surface area contributed by atoms with Crippen LogP contribution in [0.1, 0.15) is 38.2 Å². The molecule has 0 atom stereocenters. The third-order valence-electron chi connectivity index (χ3n) is 2.73. The molecule has 2 aromatic heterocycles. The van der Waals surface area contributed by atoms with Crippen molar-refractivity contribution in [1.82, 2.24) is 19.7 Å². The van der Waals surface area contributed by atoms with E-state index in [-0.39, 0.29) is 5.92 Å². The molecule has 0 saturated carbocycles. The SMILES string of the molecule is CCc1nn(C)cc1Nc1cc(Cl)nc(C(C)C)n1. The van der Waals surface area contributed by atoms with E-state index in [2.05, 4.69) is 27.3 Å². The Kier molecular flexibility index (Phi) is 4.04. The Hall–Kier alpha value is -1.62. The highest BCUT2D eigenvalue weighted by atomic mass is 35.5. The van der Waals surface area contributed by atoms with Crippen LogP contribution in [0.25, 0.3) is 0 Å². The number of aryl methyl sites for hydroxylation is 2. The number of aromatic nitrogens is 4. The molecule has 102 valence electrons. The molecule has 19 heavy (non-hydrogen) atoms. The van der Waals surface area contributed by atoms with Gasteiger partial charge in [0.1, 0.15) is 16.8 Å². The van der Waals surface area contributed by atoms with Gasteiger partial charge in [0.25, 0.3) is 0 Å². The smallest absolute Gasteiger partial charge is 0.135 e. The molecule has 6 heteroatoms. The minimum Gasteiger partial charge on any atom is -0.337 e. The van der Waals surface area contributed by atoms with Crippen molar-refractivity contribution >= 4 is 23.1 Å². The number of anilines is 2. The minimum atomic E-state index is 0.235. The van der Waals surface area contributed by atoms with Crippen LogP contribution in [0.5, 0.6) is 0 Å². The van der Waals surface area contributed by atoms with Gasteiger partial charge in [-0.25, -0.2) is 9.97 Å². The summed E-state index contributed by atoms with van der Waals surface area (Å²) in [6.45, 7) is 6.15. The molecule has 0 bridgehead atoms. The molecule has 5 nitrogen and oxygen atoms in total. The van der Waals surface area contributed by atoms with Gasteiger partial charge in [-0.2, -0.15) is 5.10 Å². The van der Waals surface area contributed by atoms with Crippen LogP contribution in [0.4, 0.5) is 11.5 Å². The Morgan fingerprint density at radius 1 is 1.37 bits per heavy atom. The van der Waals surface area contributed by atoms with Gasteiger partial charge in [0, 0.05) is 25.2 Å². The normalized spacial score (nSPS) is 11.1. The maximum absolute atomic E-state index is 6.03. The van der Waals surface area contributed by atoms with Crippen molar-refractivity contribution in [2.24, 2.45) is 7.05 Å². The number of nitrogens with zero attached hydrogens (tertiary/aromatic N) is 4. The number of rotatable bonds is 4. The predicted octanol–water partition coefficient (Wildman–Crippen LogP) is 3.29. The van der Waals surface area contributed by atoms with Crippen LogP contribution in [0.15, 0.2) is 12.3 Å². The molecule has 0 aliphatic rings. The Labute approximate surface area is 118 Å². The molecule has 0 aliphatic heterocycles. The number of hydrogen-bond acceptors (Lipinski definition) is 4. The average Bonchev–Trinajstić information content (AvgIpc) is 2.68. The Balaban J connectivity index is 2.32. The quantitative estimate of drug-likeness (QED) is 0.873. The van der Waals surface area contributed by atoms with E-state index in [1.165, 1.54) is 0 Å². The van der Waals surface area contributed by atoms with E-state index in [1.54, 1.807) is 10.7 Å². The summed E-state index contributed by atoms with van der Waals surface area (Å²) in [7, 11) is 1.90. The lowest BCUT2D eigenvalue weighted by Gasteiger charge is -2.09. The molecular formula is C13H18ClN5. The first-order chi connectivity index (χ1) is 8.99. The topological polar surface area (TPSA) is 55.6 Å². The highest BCUT2D eigenvalue weighted by molar-refractivity contribution is 6.29. The van der Waals surface area contributed by atoms with Crippen LogP contribution in [-0.2, 0) is 13.5 Å². The van der Waals surface area contributed by atoms with Crippen molar-refractivity contribution < 1.29 is 0 Å². The zero-order valence-electron chi connectivity index (χ0n) is 11.6. The van der Waals surface area contributed by atoms with Crippen LogP contribution in [0, 0.1) is 0 Å². The molecular weight excluding hydrogens is 262 g/mol. The number of hydrogen-bond donors (Lipinski definition) is 1. The van der Waals surface area contributed by atoms with Gasteiger partial charge in [0.15, 0.2) is 0 Å². The van der Waals surface area contributed by atoms with Gasteiger partial charge in [-0.15, -0.1) is 0 Å². The maximum Gasteiger partial charge on any atom is 0.135 e. The lowest BCUT2D eigenvalue weighted by molar-refractivity contribution is 0.746. The van der Waals surface area contributed by atoms with Gasteiger partial charge >= 0.3 is 0 Å². The van der Waals surface area contributed by atoms with Crippen LogP contribution < -0.4 is 5.32 Å². The second-order valence-corrected chi connectivity index (χ2v) is 5.12. The van der Waals surface area contributed by atoms with Crippen molar-refractivity contribution in [3.8, 4) is 0 Å². The molecule has 0 fully saturated rings. The summed E-state index contributed by atoms with van der Waals surface area (Å²) in [6.07, 6.45) is 2.79. The first-order valence-electron chi connectivity index (χ1n) is 6.33. The maximum atomic E-state index is 6.03. The van der Waals surface area contributed by atoms with E-state index in [9.17, 15) is 0 Å². The molecule has 1 N–H and O–H groups in total. The van der Waals surface area contributed by atoms with E-state index in [0.29, 0.717) is 11.0 Å². The van der Waals surface area contributed by atoms with E-state index in [0.717, 1.165) is 23.6 Å². The minimum absolute atomic E-state index is 0.235. The third-order valence-corrected chi connectivity index (χ3v) is 2.93. The fraction of sp³-hybridized carbons (Fsp3) is 0.462. The van der Waals surface area contributed by atoms with Crippen LogP contribution >= 0.6 is 11.6 Å². The van der Waals surface area contributed by atoms with Crippen LogP contribution in [0.3, 0.4) is 0 Å². The summed E-state index contributed by atoms with van der Waals surface area (Å²) in [4.78, 5) is 8.69. The summed E-state index contributed by atoms with van der Waals surface area (Å²) in [5.74, 6) is 1.67. The standard InChI is InChI=1S/C13H18ClN5/c1-5-9-10(7-19(4)18-9)15-12-6-11(14)16-13(17-12)8(2)3/h6-8H,5H2,1-4H3,(H,15,16,17). The zero-order chi connectivity index (χ0) is 14.0. The summed E-state index contributed by atoms with van der Waals surface area (Å²) < 4.78 is 1.79. The fourth-order valence-electron chi connectivity index (χ4n) is 1.80. The van der Waals surface area contributed by atoms with Crippen LogP contribution in [-0.4, -0.2) is 19.7 Å². The van der Waals surface area contributed by atoms with Crippen molar-refractivity contribution in [1.29, 1.82) is 0 Å². The predicted molar refractivity (Wildman–Crippen MR) is 77.0 cm³/mol. The van der Waals surface area contributed by atoms with Gasteiger partial charge in [0.2, 0.25) is 0 Å². The Morgan fingerprint density at radius 2 is 2.11 bits per heavy atom. The molecule has 2 rings (SSSR count). The molecule has 0 aromatic carbocycles. The molecule has 0 unspecified atom stereocenters. The average molecular weight is 280 g/mol. The lowest BCUT2D eigenvalue weighted by Crippen LogP contribution is -2.02. The molecule has 2 aromatic rings. The van der Waals surface area contributed by atoms with Crippen molar-refractivity contribution in [3.05, 3.63) is 28.9 Å². The second-order valence-electron chi connectivity index (χ2n) is 4.73. The monoisotopic (exact) mass is 279 g/mol. The first kappa shape index (κ1) is 13.8. The fourth-order valence-corrected chi connectivity index (χ4v) is 1.99. The van der Waals surface area contributed by atoms with Gasteiger partial charge in [-0.1, -0.05) is 32.4 Å². The third kappa shape index (κ3) is 3.23. The molecule has 0 aliphatic carbocycles.